The van der Waals surface area contributed by atoms with Crippen LogP contribution in [0.2, 0.25) is 0 Å². The summed E-state index contributed by atoms with van der Waals surface area (Å²) in [5.74, 6) is 0. The van der Waals surface area contributed by atoms with Crippen LogP contribution in [0.1, 0.15) is 5.56 Å². The van der Waals surface area contributed by atoms with Crippen LogP contribution in [0.25, 0.3) is 0 Å². The molecule has 1 aromatic carbocycles. The van der Waals surface area contributed by atoms with Crippen LogP contribution in [0, 0.1) is 0 Å². The van der Waals surface area contributed by atoms with Gasteiger partial charge in [-0.1, -0.05) is 0 Å². The summed E-state index contributed by atoms with van der Waals surface area (Å²) in [6.07, 6.45) is 1.33. The first kappa shape index (κ1) is 12.7. The van der Waals surface area contributed by atoms with Crippen LogP contribution in [-0.2, 0) is 23.2 Å². The maximum atomic E-state index is 2.37. The molecule has 0 heterocycles. The molecule has 1 rings (SSSR count). The van der Waals surface area contributed by atoms with Gasteiger partial charge in [0.25, 0.3) is 0 Å². The third-order valence-electron chi connectivity index (χ3n) is 1.66. The molecule has 70 valence electrons. The van der Waals surface area contributed by atoms with E-state index >= 15 is 0 Å². The van der Waals surface area contributed by atoms with Gasteiger partial charge in [-0.25, -0.2) is 0 Å². The van der Waals surface area contributed by atoms with Gasteiger partial charge in [0.1, 0.15) is 0 Å². The summed E-state index contributed by atoms with van der Waals surface area (Å²) in [5.41, 5.74) is 1.59. The molecule has 0 saturated carbocycles. The standard InChI is InChI=1S/C9H14GeP.Cu/c1-11(2)7-8-5-3-4-6-9(8)10;/h3-6H,7,10H2,1-2H3;/p+1. The van der Waals surface area contributed by atoms with E-state index in [0.29, 0.717) is 0 Å². The van der Waals surface area contributed by atoms with Crippen molar-refractivity contribution in [1.29, 1.82) is 0 Å². The zero-order valence-electron chi connectivity index (χ0n) is 7.53. The summed E-state index contributed by atoms with van der Waals surface area (Å²) in [6, 6.07) is 8.82. The average molecular weight is 290 g/mol. The summed E-state index contributed by atoms with van der Waals surface area (Å²) in [5, 5.41) is 0. The predicted molar refractivity (Wildman–Crippen MR) is 58.5 cm³/mol. The maximum Gasteiger partial charge on any atom is 0 e. The van der Waals surface area contributed by atoms with Gasteiger partial charge in [-0.2, -0.15) is 0 Å². The SMILES string of the molecule is C[PH+](C)Cc1cccc[c]1[GeH2].[Cu]. The molecule has 3 heteroatoms. The van der Waals surface area contributed by atoms with E-state index in [9.17, 15) is 0 Å². The van der Waals surface area contributed by atoms with Crippen molar-refractivity contribution in [1.82, 2.24) is 0 Å². The first-order chi connectivity index (χ1) is 5.20. The van der Waals surface area contributed by atoms with Crippen molar-refractivity contribution in [3.8, 4) is 0 Å². The Morgan fingerprint density at radius 1 is 1.25 bits per heavy atom. The Morgan fingerprint density at radius 2 is 1.83 bits per heavy atom. The van der Waals surface area contributed by atoms with E-state index < -0.39 is 0 Å². The Morgan fingerprint density at radius 3 is 2.33 bits per heavy atom. The molecule has 0 fully saturated rings. The quantitative estimate of drug-likeness (QED) is 0.561. The van der Waals surface area contributed by atoms with Gasteiger partial charge in [0.2, 0.25) is 0 Å². The van der Waals surface area contributed by atoms with Gasteiger partial charge in [0.05, 0.1) is 0 Å². The second kappa shape index (κ2) is 6.21. The first-order valence-corrected chi connectivity index (χ1v) is 8.08. The van der Waals surface area contributed by atoms with Crippen molar-refractivity contribution in [3.05, 3.63) is 29.8 Å². The Kier molecular flexibility index (Phi) is 6.58. The van der Waals surface area contributed by atoms with E-state index in [0.717, 1.165) is 0 Å². The van der Waals surface area contributed by atoms with Crippen LogP contribution in [0.15, 0.2) is 24.3 Å². The largest absolute Gasteiger partial charge is 0 e. The number of hydrogen-bond acceptors (Lipinski definition) is 0. The van der Waals surface area contributed by atoms with Gasteiger partial charge < -0.3 is 0 Å². The van der Waals surface area contributed by atoms with Crippen molar-refractivity contribution in [2.24, 2.45) is 0 Å². The molecular weight excluding hydrogens is 275 g/mol. The van der Waals surface area contributed by atoms with Crippen molar-refractivity contribution >= 4 is 28.8 Å². The molecule has 0 saturated heterocycles. The molecule has 0 spiro atoms. The van der Waals surface area contributed by atoms with Crippen LogP contribution < -0.4 is 4.40 Å². The minimum atomic E-state index is -0.0891. The predicted octanol–water partition coefficient (Wildman–Crippen LogP) is 0.916. The Balaban J connectivity index is 0.00000121. The molecular formula is C9H15CuGeP+. The average Bonchev–Trinajstić information content (AvgIpc) is 1.93. The summed E-state index contributed by atoms with van der Waals surface area (Å²) in [7, 11) is -0.0891. The second-order valence-electron chi connectivity index (χ2n) is 3.15. The molecule has 0 aliphatic heterocycles. The third-order valence-corrected chi connectivity index (χ3v) is 4.20. The Labute approximate surface area is 95.0 Å². The van der Waals surface area contributed by atoms with Gasteiger partial charge in [-0.05, 0) is 0 Å². The molecule has 0 aromatic heterocycles. The fourth-order valence-electron chi connectivity index (χ4n) is 1.11. The van der Waals surface area contributed by atoms with Gasteiger partial charge >= 0.3 is 78.2 Å². The van der Waals surface area contributed by atoms with E-state index in [1.54, 1.807) is 9.96 Å². The summed E-state index contributed by atoms with van der Waals surface area (Å²) >= 11 is 1.30. The number of hydrogen-bond donors (Lipinski definition) is 0. The van der Waals surface area contributed by atoms with E-state index in [-0.39, 0.29) is 25.0 Å². The summed E-state index contributed by atoms with van der Waals surface area (Å²) < 4.78 is 1.57. The van der Waals surface area contributed by atoms with Crippen molar-refractivity contribution < 1.29 is 17.1 Å². The summed E-state index contributed by atoms with van der Waals surface area (Å²) in [6.45, 7) is 4.74. The molecule has 0 N–H and O–H groups in total. The minimum absolute atomic E-state index is 0. The molecule has 0 nitrogen and oxygen atoms in total. The van der Waals surface area contributed by atoms with Crippen molar-refractivity contribution in [2.45, 2.75) is 6.16 Å². The van der Waals surface area contributed by atoms with Crippen LogP contribution in [-0.4, -0.2) is 29.8 Å². The monoisotopic (exact) mass is 291 g/mol. The molecule has 0 amide bonds. The smallest absolute Gasteiger partial charge is 0 e. The molecule has 0 aliphatic rings. The van der Waals surface area contributed by atoms with Crippen molar-refractivity contribution in [2.75, 3.05) is 13.3 Å². The molecule has 12 heavy (non-hydrogen) atoms. The van der Waals surface area contributed by atoms with E-state index in [1.807, 2.05) is 0 Å². The van der Waals surface area contributed by atoms with E-state index in [1.165, 1.54) is 22.7 Å². The van der Waals surface area contributed by atoms with Crippen LogP contribution in [0.3, 0.4) is 0 Å². The number of rotatable bonds is 2. The number of benzene rings is 1. The van der Waals surface area contributed by atoms with Gasteiger partial charge in [0, 0.05) is 17.1 Å². The van der Waals surface area contributed by atoms with Crippen LogP contribution in [0.5, 0.6) is 0 Å². The van der Waals surface area contributed by atoms with Gasteiger partial charge in [0.15, 0.2) is 0 Å². The van der Waals surface area contributed by atoms with Crippen molar-refractivity contribution in [3.63, 3.8) is 0 Å². The zero-order chi connectivity index (χ0) is 8.27. The normalized spacial score (nSPS) is 9.67. The third kappa shape index (κ3) is 4.09. The molecule has 0 aliphatic carbocycles. The molecule has 1 aromatic rings. The fraction of sp³-hybridized carbons (Fsp3) is 0.333. The maximum absolute atomic E-state index is 2.37. The Bertz CT molecular complexity index is 238. The topological polar surface area (TPSA) is 0 Å². The molecule has 0 atom stereocenters. The zero-order valence-corrected chi connectivity index (χ0v) is 12.4. The van der Waals surface area contributed by atoms with Crippen LogP contribution >= 0.6 is 7.92 Å². The van der Waals surface area contributed by atoms with E-state index in [2.05, 4.69) is 37.6 Å². The first-order valence-electron chi connectivity index (χ1n) is 3.89. The van der Waals surface area contributed by atoms with Gasteiger partial charge in [-0.3, -0.25) is 0 Å². The van der Waals surface area contributed by atoms with Crippen LogP contribution in [0.4, 0.5) is 0 Å². The van der Waals surface area contributed by atoms with E-state index in [4.69, 9.17) is 0 Å². The molecule has 2 radical (unpaired) electrons. The fourth-order valence-corrected chi connectivity index (χ4v) is 3.54. The second-order valence-corrected chi connectivity index (χ2v) is 7.52. The molecule has 0 bridgehead atoms. The summed E-state index contributed by atoms with van der Waals surface area (Å²) in [4.78, 5) is 0. The Hall–Kier alpha value is 0.712. The van der Waals surface area contributed by atoms with Gasteiger partial charge in [-0.15, -0.1) is 0 Å². The molecule has 0 unspecified atom stereocenters. The minimum Gasteiger partial charge on any atom is 0 e.